The molecule has 1 N–H and O–H groups in total. The summed E-state index contributed by atoms with van der Waals surface area (Å²) in [5, 5.41) is 2.86. The topological polar surface area (TPSA) is 69.7 Å². The first kappa shape index (κ1) is 22.5. The molecule has 0 saturated carbocycles. The molecule has 0 radical (unpaired) electrons. The first-order chi connectivity index (χ1) is 14.4. The van der Waals surface area contributed by atoms with E-state index in [1.165, 1.54) is 5.56 Å². The summed E-state index contributed by atoms with van der Waals surface area (Å²) in [6.07, 6.45) is -0.0128. The van der Waals surface area contributed by atoms with E-state index in [1.807, 2.05) is 13.0 Å². The maximum absolute atomic E-state index is 12.3. The molecule has 3 rings (SSSR count). The van der Waals surface area contributed by atoms with Gasteiger partial charge in [-0.2, -0.15) is 0 Å². The second-order valence-corrected chi connectivity index (χ2v) is 9.94. The van der Waals surface area contributed by atoms with Crippen LogP contribution in [0.3, 0.4) is 0 Å². The Hall–Kier alpha value is -2.22. The first-order valence-corrected chi connectivity index (χ1v) is 12.1. The molecule has 1 saturated heterocycles. The van der Waals surface area contributed by atoms with E-state index in [1.54, 1.807) is 24.3 Å². The number of hydrogen-bond donors (Lipinski definition) is 1. The van der Waals surface area contributed by atoms with Crippen molar-refractivity contribution in [2.24, 2.45) is 0 Å². The Balaban J connectivity index is 1.32. The van der Waals surface area contributed by atoms with E-state index < -0.39 is 9.84 Å². The van der Waals surface area contributed by atoms with E-state index in [0.717, 1.165) is 44.8 Å². The van der Waals surface area contributed by atoms with Crippen LogP contribution < -0.4 is 5.32 Å². The van der Waals surface area contributed by atoms with Gasteiger partial charge in [0.05, 0.1) is 10.6 Å². The van der Waals surface area contributed by atoms with E-state index >= 15 is 0 Å². The fourth-order valence-electron chi connectivity index (χ4n) is 3.54. The molecule has 30 heavy (non-hydrogen) atoms. The number of benzene rings is 2. The molecule has 2 aromatic carbocycles. The Kier molecular flexibility index (Phi) is 8.01. The number of nitrogens with zero attached hydrogens (tertiary/aromatic N) is 2. The van der Waals surface area contributed by atoms with E-state index in [4.69, 9.17) is 0 Å². The molecule has 0 spiro atoms. The van der Waals surface area contributed by atoms with E-state index in [0.29, 0.717) is 6.54 Å². The van der Waals surface area contributed by atoms with Crippen molar-refractivity contribution in [2.75, 3.05) is 45.0 Å². The summed E-state index contributed by atoms with van der Waals surface area (Å²) in [7, 11) is -3.43. The predicted octanol–water partition coefficient (Wildman–Crippen LogP) is 2.09. The molecule has 0 aliphatic carbocycles. The maximum atomic E-state index is 12.3. The highest BCUT2D eigenvalue weighted by molar-refractivity contribution is 7.91. The van der Waals surface area contributed by atoms with Gasteiger partial charge in [-0.3, -0.25) is 14.6 Å². The van der Waals surface area contributed by atoms with Crippen molar-refractivity contribution in [3.05, 3.63) is 65.7 Å². The quantitative estimate of drug-likeness (QED) is 0.661. The van der Waals surface area contributed by atoms with Crippen molar-refractivity contribution in [1.82, 2.24) is 15.1 Å². The number of amides is 1. The van der Waals surface area contributed by atoms with Gasteiger partial charge in [0.1, 0.15) is 0 Å². The molecule has 0 bridgehead atoms. The number of carbonyl (C=O) groups excluding carboxylic acids is 1. The Bertz CT molecular complexity index is 906. The number of nitrogens with one attached hydrogen (secondary N) is 1. The van der Waals surface area contributed by atoms with Crippen molar-refractivity contribution in [3.63, 3.8) is 0 Å². The largest absolute Gasteiger partial charge is 0.355 e. The number of aryl methyl sites for hydroxylation is 1. The third kappa shape index (κ3) is 6.93. The molecule has 7 heteroatoms. The Morgan fingerprint density at radius 2 is 1.57 bits per heavy atom. The third-order valence-corrected chi connectivity index (χ3v) is 7.17. The molecular weight excluding hydrogens is 398 g/mol. The van der Waals surface area contributed by atoms with Crippen LogP contribution in [0.1, 0.15) is 17.5 Å². The second-order valence-electron chi connectivity index (χ2n) is 7.84. The van der Waals surface area contributed by atoms with Gasteiger partial charge in [-0.25, -0.2) is 8.42 Å². The van der Waals surface area contributed by atoms with E-state index in [-0.39, 0.29) is 23.0 Å². The lowest BCUT2D eigenvalue weighted by Crippen LogP contribution is -2.48. The van der Waals surface area contributed by atoms with Gasteiger partial charge in [0, 0.05) is 52.2 Å². The Morgan fingerprint density at radius 1 is 0.933 bits per heavy atom. The molecule has 1 heterocycles. The van der Waals surface area contributed by atoms with Gasteiger partial charge in [0.15, 0.2) is 9.84 Å². The minimum Gasteiger partial charge on any atom is -0.355 e. The van der Waals surface area contributed by atoms with Gasteiger partial charge in [-0.1, -0.05) is 48.0 Å². The Morgan fingerprint density at radius 3 is 2.23 bits per heavy atom. The minimum absolute atomic E-state index is 0.0128. The average Bonchev–Trinajstić information content (AvgIpc) is 2.75. The minimum atomic E-state index is -3.43. The molecule has 6 nitrogen and oxygen atoms in total. The van der Waals surface area contributed by atoms with Crippen LogP contribution in [0.4, 0.5) is 0 Å². The van der Waals surface area contributed by atoms with Gasteiger partial charge in [-0.05, 0) is 24.6 Å². The highest BCUT2D eigenvalue weighted by atomic mass is 32.2. The monoisotopic (exact) mass is 429 g/mol. The predicted molar refractivity (Wildman–Crippen MR) is 119 cm³/mol. The smallest absolute Gasteiger partial charge is 0.221 e. The number of sulfone groups is 1. The molecule has 2 aromatic rings. The van der Waals surface area contributed by atoms with Crippen molar-refractivity contribution in [3.8, 4) is 0 Å². The lowest BCUT2D eigenvalue weighted by Gasteiger charge is -2.34. The molecule has 1 aliphatic rings. The van der Waals surface area contributed by atoms with Gasteiger partial charge < -0.3 is 5.32 Å². The number of carbonyl (C=O) groups is 1. The molecule has 0 aromatic heterocycles. The maximum Gasteiger partial charge on any atom is 0.221 e. The fourth-order valence-corrected chi connectivity index (χ4v) is 4.79. The molecule has 162 valence electrons. The molecule has 1 amide bonds. The first-order valence-electron chi connectivity index (χ1n) is 10.5. The van der Waals surface area contributed by atoms with Crippen molar-refractivity contribution >= 4 is 15.7 Å². The Labute approximate surface area is 179 Å². The number of hydrogen-bond acceptors (Lipinski definition) is 5. The fraction of sp³-hybridized carbons (Fsp3) is 0.435. The summed E-state index contributed by atoms with van der Waals surface area (Å²) >= 11 is 0. The summed E-state index contributed by atoms with van der Waals surface area (Å²) in [6, 6.07) is 17.2. The molecule has 1 fully saturated rings. The number of piperazine rings is 1. The van der Waals surface area contributed by atoms with Gasteiger partial charge in [0.2, 0.25) is 5.91 Å². The van der Waals surface area contributed by atoms with Gasteiger partial charge in [-0.15, -0.1) is 0 Å². The summed E-state index contributed by atoms with van der Waals surface area (Å²) in [6.45, 7) is 8.19. The summed E-state index contributed by atoms with van der Waals surface area (Å²) in [5.74, 6) is -0.381. The highest BCUT2D eigenvalue weighted by Gasteiger charge is 2.18. The standard InChI is InChI=1S/C23H31N3O3S/c1-20-7-9-22(10-8-20)30(28,29)18-11-23(27)24-12-13-25-14-16-26(17-15-25)19-21-5-3-2-4-6-21/h2-10H,11-19H2,1H3,(H,24,27). The van der Waals surface area contributed by atoms with E-state index in [2.05, 4.69) is 39.4 Å². The summed E-state index contributed by atoms with van der Waals surface area (Å²) < 4.78 is 24.7. The zero-order valence-electron chi connectivity index (χ0n) is 17.6. The van der Waals surface area contributed by atoms with Crippen LogP contribution in [0.25, 0.3) is 0 Å². The van der Waals surface area contributed by atoms with Crippen LogP contribution in [0.5, 0.6) is 0 Å². The third-order valence-electron chi connectivity index (χ3n) is 5.44. The van der Waals surface area contributed by atoms with Crippen molar-refractivity contribution in [2.45, 2.75) is 24.8 Å². The molecule has 0 atom stereocenters. The zero-order chi connectivity index (χ0) is 21.4. The van der Waals surface area contributed by atoms with Crippen LogP contribution in [0.2, 0.25) is 0 Å². The lowest BCUT2D eigenvalue weighted by atomic mass is 10.2. The normalized spacial score (nSPS) is 15.8. The summed E-state index contributed by atoms with van der Waals surface area (Å²) in [5.41, 5.74) is 2.34. The average molecular weight is 430 g/mol. The van der Waals surface area contributed by atoms with Crippen LogP contribution >= 0.6 is 0 Å². The van der Waals surface area contributed by atoms with Gasteiger partial charge >= 0.3 is 0 Å². The molecule has 1 aliphatic heterocycles. The molecule has 0 unspecified atom stereocenters. The number of rotatable bonds is 9. The van der Waals surface area contributed by atoms with Gasteiger partial charge in [0.25, 0.3) is 0 Å². The molecular formula is C23H31N3O3S. The van der Waals surface area contributed by atoms with Crippen LogP contribution in [0, 0.1) is 6.92 Å². The van der Waals surface area contributed by atoms with Crippen molar-refractivity contribution < 1.29 is 13.2 Å². The van der Waals surface area contributed by atoms with Crippen LogP contribution in [0.15, 0.2) is 59.5 Å². The van der Waals surface area contributed by atoms with Crippen LogP contribution in [-0.4, -0.2) is 69.1 Å². The zero-order valence-corrected chi connectivity index (χ0v) is 18.4. The highest BCUT2D eigenvalue weighted by Crippen LogP contribution is 2.13. The van der Waals surface area contributed by atoms with Crippen LogP contribution in [-0.2, 0) is 21.2 Å². The lowest BCUT2D eigenvalue weighted by molar-refractivity contribution is -0.120. The van der Waals surface area contributed by atoms with E-state index in [9.17, 15) is 13.2 Å². The second kappa shape index (κ2) is 10.7. The van der Waals surface area contributed by atoms with Crippen molar-refractivity contribution in [1.29, 1.82) is 0 Å². The summed E-state index contributed by atoms with van der Waals surface area (Å²) in [4.78, 5) is 17.1. The SMILES string of the molecule is Cc1ccc(S(=O)(=O)CCC(=O)NCCN2CCN(Cc3ccccc3)CC2)cc1.